The van der Waals surface area contributed by atoms with Crippen molar-refractivity contribution in [2.45, 2.75) is 32.0 Å². The van der Waals surface area contributed by atoms with E-state index in [-0.39, 0.29) is 5.91 Å². The minimum absolute atomic E-state index is 0.309. The van der Waals surface area contributed by atoms with Crippen LogP contribution in [0, 0.1) is 0 Å². The van der Waals surface area contributed by atoms with Crippen LogP contribution in [0.15, 0.2) is 60.7 Å². The van der Waals surface area contributed by atoms with E-state index in [1.165, 1.54) is 17.3 Å². The topological polar surface area (TPSA) is 66.4 Å². The van der Waals surface area contributed by atoms with Gasteiger partial charge in [-0.1, -0.05) is 77.6 Å². The molecule has 1 atom stereocenters. The number of nitrogens with one attached hydrogen (secondary N) is 1. The molecule has 0 aliphatic rings. The molecule has 4 nitrogen and oxygen atoms in total. The number of carbonyl (C=O) groups excluding carboxylic acids is 1. The second-order valence-corrected chi connectivity index (χ2v) is 12.3. The van der Waals surface area contributed by atoms with Crippen molar-refractivity contribution >= 4 is 42.1 Å². The first kappa shape index (κ1) is 21.2. The van der Waals surface area contributed by atoms with E-state index in [4.69, 9.17) is 0 Å². The zero-order valence-electron chi connectivity index (χ0n) is 15.9. The Kier molecular flexibility index (Phi) is 8.13. The Hall–Kier alpha value is -2.05. The quantitative estimate of drug-likeness (QED) is 0.474. The SMILES string of the molecule is CC(=O)NC(CSCCC[Si](C)(c1ccccc1)c1ccccc1)C(=O)O. The number of hydrogen-bond acceptors (Lipinski definition) is 3. The van der Waals surface area contributed by atoms with Crippen molar-refractivity contribution in [2.24, 2.45) is 0 Å². The molecule has 27 heavy (non-hydrogen) atoms. The van der Waals surface area contributed by atoms with Crippen LogP contribution in [0.5, 0.6) is 0 Å². The summed E-state index contributed by atoms with van der Waals surface area (Å²) in [5, 5.41) is 14.5. The lowest BCUT2D eigenvalue weighted by Gasteiger charge is -2.29. The summed E-state index contributed by atoms with van der Waals surface area (Å²) in [6, 6.07) is 21.7. The van der Waals surface area contributed by atoms with Gasteiger partial charge in [0.1, 0.15) is 14.1 Å². The van der Waals surface area contributed by atoms with Crippen molar-refractivity contribution in [3.63, 3.8) is 0 Å². The van der Waals surface area contributed by atoms with Gasteiger partial charge in [-0.2, -0.15) is 11.8 Å². The molecular formula is C21H27NO3SSi. The lowest BCUT2D eigenvalue weighted by atomic mass is 10.3. The first-order valence-corrected chi connectivity index (χ1v) is 13.0. The number of thioether (sulfide) groups is 1. The highest BCUT2D eigenvalue weighted by Crippen LogP contribution is 2.17. The minimum atomic E-state index is -1.83. The van der Waals surface area contributed by atoms with Gasteiger partial charge in [0.05, 0.1) is 0 Å². The lowest BCUT2D eigenvalue weighted by molar-refractivity contribution is -0.140. The van der Waals surface area contributed by atoms with Crippen LogP contribution >= 0.6 is 11.8 Å². The number of carboxylic acid groups (broad SMARTS) is 1. The van der Waals surface area contributed by atoms with Crippen molar-refractivity contribution in [1.82, 2.24) is 5.32 Å². The fourth-order valence-electron chi connectivity index (χ4n) is 3.22. The Bertz CT molecular complexity index is 700. The van der Waals surface area contributed by atoms with E-state index in [0.717, 1.165) is 18.2 Å². The average molecular weight is 402 g/mol. The molecule has 2 N–H and O–H groups in total. The zero-order chi connectivity index (χ0) is 19.7. The second-order valence-electron chi connectivity index (χ2n) is 6.83. The molecule has 2 aromatic carbocycles. The van der Waals surface area contributed by atoms with E-state index in [2.05, 4.69) is 60.4 Å². The maximum atomic E-state index is 11.2. The smallest absolute Gasteiger partial charge is 0.327 e. The summed E-state index contributed by atoms with van der Waals surface area (Å²) in [6.45, 7) is 3.75. The molecule has 1 amide bonds. The Labute approximate surface area is 166 Å². The molecule has 0 spiro atoms. The summed E-state index contributed by atoms with van der Waals surface area (Å²) in [5.41, 5.74) is 0. The molecule has 0 radical (unpaired) electrons. The zero-order valence-corrected chi connectivity index (χ0v) is 17.7. The molecule has 0 aliphatic heterocycles. The monoisotopic (exact) mass is 401 g/mol. The van der Waals surface area contributed by atoms with Crippen molar-refractivity contribution in [3.8, 4) is 0 Å². The summed E-state index contributed by atoms with van der Waals surface area (Å²) in [4.78, 5) is 22.3. The molecule has 0 fully saturated rings. The van der Waals surface area contributed by atoms with E-state index >= 15 is 0 Å². The maximum Gasteiger partial charge on any atom is 0.327 e. The Morgan fingerprint density at radius 1 is 1.04 bits per heavy atom. The first-order chi connectivity index (χ1) is 12.9. The summed E-state index contributed by atoms with van der Waals surface area (Å²) in [5.74, 6) is -0.0169. The first-order valence-electron chi connectivity index (χ1n) is 9.12. The van der Waals surface area contributed by atoms with Crippen molar-refractivity contribution in [3.05, 3.63) is 60.7 Å². The van der Waals surface area contributed by atoms with Crippen LogP contribution in [-0.4, -0.2) is 42.6 Å². The Balaban J connectivity index is 1.97. The molecule has 0 saturated carbocycles. The highest BCUT2D eigenvalue weighted by atomic mass is 32.2. The van der Waals surface area contributed by atoms with Gasteiger partial charge in [0.2, 0.25) is 5.91 Å². The van der Waals surface area contributed by atoms with E-state index in [1.807, 2.05) is 12.1 Å². The van der Waals surface area contributed by atoms with Crippen LogP contribution in [0.25, 0.3) is 0 Å². The van der Waals surface area contributed by atoms with Crippen LogP contribution < -0.4 is 15.7 Å². The van der Waals surface area contributed by atoms with E-state index < -0.39 is 20.1 Å². The van der Waals surface area contributed by atoms with E-state index in [0.29, 0.717) is 5.75 Å². The third-order valence-electron chi connectivity index (χ3n) is 4.75. The van der Waals surface area contributed by atoms with Crippen LogP contribution in [-0.2, 0) is 9.59 Å². The van der Waals surface area contributed by atoms with Crippen LogP contribution in [0.4, 0.5) is 0 Å². The molecule has 6 heteroatoms. The van der Waals surface area contributed by atoms with Gasteiger partial charge in [0, 0.05) is 12.7 Å². The van der Waals surface area contributed by atoms with Gasteiger partial charge in [-0.05, 0) is 18.2 Å². The highest BCUT2D eigenvalue weighted by Gasteiger charge is 2.31. The number of benzene rings is 2. The highest BCUT2D eigenvalue weighted by molar-refractivity contribution is 7.99. The van der Waals surface area contributed by atoms with Gasteiger partial charge in [0.25, 0.3) is 0 Å². The fraction of sp³-hybridized carbons (Fsp3) is 0.333. The largest absolute Gasteiger partial charge is 0.480 e. The number of aliphatic carboxylic acids is 1. The van der Waals surface area contributed by atoms with E-state index in [9.17, 15) is 14.7 Å². The van der Waals surface area contributed by atoms with Crippen molar-refractivity contribution in [2.75, 3.05) is 11.5 Å². The lowest BCUT2D eigenvalue weighted by Crippen LogP contribution is -2.55. The molecule has 0 heterocycles. The van der Waals surface area contributed by atoms with Gasteiger partial charge in [-0.25, -0.2) is 4.79 Å². The second kappa shape index (κ2) is 10.3. The number of amides is 1. The number of carboxylic acids is 1. The number of rotatable bonds is 10. The standard InChI is InChI=1S/C21H27NO3SSi/c1-17(23)22-20(21(24)25)16-26-14-9-15-27(2,18-10-5-3-6-11-18)19-12-7-4-8-13-19/h3-8,10-13,20H,9,14-16H2,1-2H3,(H,22,23)(H,24,25). The molecule has 0 bridgehead atoms. The van der Waals surface area contributed by atoms with Gasteiger partial charge < -0.3 is 10.4 Å². The van der Waals surface area contributed by atoms with Crippen molar-refractivity contribution < 1.29 is 14.7 Å². The predicted octanol–water partition coefficient (Wildman–Crippen LogP) is 2.59. The van der Waals surface area contributed by atoms with E-state index in [1.54, 1.807) is 11.8 Å². The van der Waals surface area contributed by atoms with Gasteiger partial charge in [0.15, 0.2) is 0 Å². The third kappa shape index (κ3) is 6.25. The normalized spacial score (nSPS) is 12.4. The molecule has 0 aliphatic carbocycles. The summed E-state index contributed by atoms with van der Waals surface area (Å²) in [6.07, 6.45) is 1.02. The van der Waals surface area contributed by atoms with Crippen LogP contribution in [0.3, 0.4) is 0 Å². The van der Waals surface area contributed by atoms with Crippen LogP contribution in [0.1, 0.15) is 13.3 Å². The van der Waals surface area contributed by atoms with Crippen molar-refractivity contribution in [1.29, 1.82) is 0 Å². The average Bonchev–Trinajstić information content (AvgIpc) is 2.67. The predicted molar refractivity (Wildman–Crippen MR) is 116 cm³/mol. The van der Waals surface area contributed by atoms with Crippen LogP contribution in [0.2, 0.25) is 12.6 Å². The summed E-state index contributed by atoms with van der Waals surface area (Å²) >= 11 is 1.59. The number of carbonyl (C=O) groups is 2. The molecule has 2 rings (SSSR count). The molecular weight excluding hydrogens is 374 g/mol. The Morgan fingerprint density at radius 3 is 2.00 bits per heavy atom. The van der Waals surface area contributed by atoms with Gasteiger partial charge in [-0.15, -0.1) is 0 Å². The Morgan fingerprint density at radius 2 is 1.56 bits per heavy atom. The fourth-order valence-corrected chi connectivity index (χ4v) is 8.10. The molecule has 0 aromatic heterocycles. The molecule has 144 valence electrons. The maximum absolute atomic E-state index is 11.2. The third-order valence-corrected chi connectivity index (χ3v) is 10.5. The molecule has 2 aromatic rings. The van der Waals surface area contributed by atoms with Gasteiger partial charge in [-0.3, -0.25) is 4.79 Å². The molecule has 0 saturated heterocycles. The summed E-state index contributed by atoms with van der Waals surface area (Å²) in [7, 11) is -1.83. The van der Waals surface area contributed by atoms with Gasteiger partial charge >= 0.3 is 5.97 Å². The molecule has 1 unspecified atom stereocenters. The summed E-state index contributed by atoms with van der Waals surface area (Å²) < 4.78 is 0. The minimum Gasteiger partial charge on any atom is -0.480 e. The number of hydrogen-bond donors (Lipinski definition) is 2.